The van der Waals surface area contributed by atoms with Crippen molar-refractivity contribution in [1.29, 1.82) is 0 Å². The van der Waals surface area contributed by atoms with Gasteiger partial charge in [0.1, 0.15) is 18.5 Å². The maximum absolute atomic E-state index is 10.3. The summed E-state index contributed by atoms with van der Waals surface area (Å²) in [7, 11) is 0. The number of anilines is 1. The standard InChI is InChI=1S/C16H23N5O4/c1-2-10-12(23)13(24)16(25-10)21-7-19-11-14(17-6-18-15(11)21)20-8-3-4-9(22)5-8/h6-10,12-13,16,22-24H,2-5H2,1H3,(H,17,18,20)/t8-,9+,10-,12-,13-,16-/m1/s1. The van der Waals surface area contributed by atoms with Gasteiger partial charge in [-0.25, -0.2) is 15.0 Å². The van der Waals surface area contributed by atoms with Gasteiger partial charge in [-0.15, -0.1) is 0 Å². The smallest absolute Gasteiger partial charge is 0.167 e. The zero-order valence-corrected chi connectivity index (χ0v) is 14.0. The first-order valence-electron chi connectivity index (χ1n) is 8.72. The van der Waals surface area contributed by atoms with Gasteiger partial charge < -0.3 is 25.4 Å². The Labute approximate surface area is 144 Å². The van der Waals surface area contributed by atoms with Gasteiger partial charge in [-0.2, -0.15) is 0 Å². The van der Waals surface area contributed by atoms with Crippen molar-refractivity contribution in [2.24, 2.45) is 0 Å². The molecule has 3 heterocycles. The number of fused-ring (bicyclic) bond motifs is 1. The third-order valence-corrected chi connectivity index (χ3v) is 5.12. The lowest BCUT2D eigenvalue weighted by Gasteiger charge is -2.17. The van der Waals surface area contributed by atoms with Crippen molar-refractivity contribution in [2.45, 2.75) is 69.3 Å². The highest BCUT2D eigenvalue weighted by atomic mass is 16.6. The second-order valence-corrected chi connectivity index (χ2v) is 6.81. The van der Waals surface area contributed by atoms with E-state index in [-0.39, 0.29) is 12.1 Å². The fourth-order valence-corrected chi connectivity index (χ4v) is 3.72. The van der Waals surface area contributed by atoms with E-state index in [2.05, 4.69) is 20.3 Å². The summed E-state index contributed by atoms with van der Waals surface area (Å²) < 4.78 is 7.42. The molecule has 2 aliphatic rings. The second kappa shape index (κ2) is 6.49. The predicted molar refractivity (Wildman–Crippen MR) is 88.8 cm³/mol. The number of nitrogens with zero attached hydrogens (tertiary/aromatic N) is 4. The van der Waals surface area contributed by atoms with Crippen molar-refractivity contribution < 1.29 is 20.1 Å². The van der Waals surface area contributed by atoms with Gasteiger partial charge in [0.05, 0.1) is 18.5 Å². The van der Waals surface area contributed by atoms with E-state index in [4.69, 9.17) is 4.74 Å². The molecule has 0 unspecified atom stereocenters. The molecule has 9 nitrogen and oxygen atoms in total. The van der Waals surface area contributed by atoms with E-state index >= 15 is 0 Å². The van der Waals surface area contributed by atoms with Gasteiger partial charge >= 0.3 is 0 Å². The molecule has 1 aliphatic carbocycles. The molecule has 2 aromatic rings. The summed E-state index contributed by atoms with van der Waals surface area (Å²) in [5.41, 5.74) is 1.11. The van der Waals surface area contributed by atoms with E-state index < -0.39 is 24.5 Å². The van der Waals surface area contributed by atoms with Crippen LogP contribution in [-0.4, -0.2) is 65.3 Å². The van der Waals surface area contributed by atoms with E-state index in [1.54, 1.807) is 10.9 Å². The highest BCUT2D eigenvalue weighted by Crippen LogP contribution is 2.33. The number of nitrogens with one attached hydrogen (secondary N) is 1. The van der Waals surface area contributed by atoms with Crippen LogP contribution in [0.25, 0.3) is 11.2 Å². The summed E-state index contributed by atoms with van der Waals surface area (Å²) in [6, 6.07) is 0.151. The lowest BCUT2D eigenvalue weighted by atomic mass is 10.1. The average molecular weight is 349 g/mol. The Hall–Kier alpha value is -1.81. The molecule has 0 amide bonds. The van der Waals surface area contributed by atoms with Crippen molar-refractivity contribution >= 4 is 17.0 Å². The average Bonchev–Trinajstić information content (AvgIpc) is 3.28. The molecule has 25 heavy (non-hydrogen) atoms. The number of rotatable bonds is 4. The van der Waals surface area contributed by atoms with Crippen LogP contribution in [0.1, 0.15) is 38.8 Å². The van der Waals surface area contributed by atoms with Gasteiger partial charge in [0.15, 0.2) is 23.2 Å². The van der Waals surface area contributed by atoms with Crippen LogP contribution in [0, 0.1) is 0 Å². The van der Waals surface area contributed by atoms with E-state index in [1.165, 1.54) is 6.33 Å². The van der Waals surface area contributed by atoms with E-state index in [0.29, 0.717) is 29.8 Å². The number of ether oxygens (including phenoxy) is 1. The number of aliphatic hydroxyl groups excluding tert-OH is 3. The third-order valence-electron chi connectivity index (χ3n) is 5.12. The Kier molecular flexibility index (Phi) is 4.32. The molecule has 4 rings (SSSR count). The topological polar surface area (TPSA) is 126 Å². The van der Waals surface area contributed by atoms with Crippen molar-refractivity contribution in [3.05, 3.63) is 12.7 Å². The van der Waals surface area contributed by atoms with Gasteiger partial charge in [0.2, 0.25) is 0 Å². The molecule has 0 bridgehead atoms. The molecule has 0 aromatic carbocycles. The molecule has 0 radical (unpaired) electrons. The zero-order chi connectivity index (χ0) is 17.6. The fourth-order valence-electron chi connectivity index (χ4n) is 3.72. The van der Waals surface area contributed by atoms with Crippen LogP contribution in [0.2, 0.25) is 0 Å². The minimum absolute atomic E-state index is 0.151. The van der Waals surface area contributed by atoms with Gasteiger partial charge in [0.25, 0.3) is 0 Å². The first-order chi connectivity index (χ1) is 12.1. The first kappa shape index (κ1) is 16.6. The highest BCUT2D eigenvalue weighted by Gasteiger charge is 2.43. The normalized spacial score (nSPS) is 35.5. The summed E-state index contributed by atoms with van der Waals surface area (Å²) in [5.74, 6) is 0.600. The summed E-state index contributed by atoms with van der Waals surface area (Å²) in [6.45, 7) is 1.90. The van der Waals surface area contributed by atoms with Gasteiger partial charge in [-0.1, -0.05) is 6.92 Å². The Morgan fingerprint density at radius 2 is 2.04 bits per heavy atom. The first-order valence-corrected chi connectivity index (χ1v) is 8.72. The molecular weight excluding hydrogens is 326 g/mol. The molecule has 9 heteroatoms. The van der Waals surface area contributed by atoms with Crippen LogP contribution in [0.4, 0.5) is 5.82 Å². The molecule has 1 aliphatic heterocycles. The Morgan fingerprint density at radius 1 is 1.20 bits per heavy atom. The lowest BCUT2D eigenvalue weighted by Crippen LogP contribution is -2.31. The van der Waals surface area contributed by atoms with E-state index in [0.717, 1.165) is 12.8 Å². The highest BCUT2D eigenvalue weighted by molar-refractivity contribution is 5.82. The molecule has 2 aromatic heterocycles. The number of hydrogen-bond donors (Lipinski definition) is 4. The maximum atomic E-state index is 10.3. The van der Waals surface area contributed by atoms with Crippen molar-refractivity contribution in [3.8, 4) is 0 Å². The predicted octanol–water partition coefficient (Wildman–Crippen LogP) is 0.181. The summed E-state index contributed by atoms with van der Waals surface area (Å²) in [5, 5.41) is 33.4. The maximum Gasteiger partial charge on any atom is 0.167 e. The molecule has 6 atom stereocenters. The monoisotopic (exact) mass is 349 g/mol. The number of aromatic nitrogens is 4. The minimum atomic E-state index is -1.04. The van der Waals surface area contributed by atoms with Gasteiger partial charge in [-0.05, 0) is 25.7 Å². The summed E-state index contributed by atoms with van der Waals surface area (Å²) >= 11 is 0. The lowest BCUT2D eigenvalue weighted by molar-refractivity contribution is -0.0355. The quantitative estimate of drug-likeness (QED) is 0.616. The Balaban J connectivity index is 1.63. The molecule has 2 fully saturated rings. The minimum Gasteiger partial charge on any atom is -0.393 e. The SMILES string of the molecule is CC[C@H]1O[C@@H](n2cnc3c(N[C@@H]4CC[C@H](O)C4)ncnc32)[C@H](O)[C@@H]1O. The number of imidazole rings is 1. The van der Waals surface area contributed by atoms with Crippen molar-refractivity contribution in [2.75, 3.05) is 5.32 Å². The van der Waals surface area contributed by atoms with Crippen LogP contribution >= 0.6 is 0 Å². The zero-order valence-electron chi connectivity index (χ0n) is 14.0. The van der Waals surface area contributed by atoms with Crippen LogP contribution in [0.5, 0.6) is 0 Å². The Morgan fingerprint density at radius 3 is 2.72 bits per heavy atom. The Bertz CT molecular complexity index is 753. The van der Waals surface area contributed by atoms with Gasteiger partial charge in [0, 0.05) is 6.04 Å². The van der Waals surface area contributed by atoms with E-state index in [9.17, 15) is 15.3 Å². The number of hydrogen-bond acceptors (Lipinski definition) is 8. The largest absolute Gasteiger partial charge is 0.393 e. The second-order valence-electron chi connectivity index (χ2n) is 6.81. The molecule has 1 saturated carbocycles. The van der Waals surface area contributed by atoms with Crippen LogP contribution in [-0.2, 0) is 4.74 Å². The molecule has 0 spiro atoms. The molecular formula is C16H23N5O4. The van der Waals surface area contributed by atoms with Crippen molar-refractivity contribution in [1.82, 2.24) is 19.5 Å². The molecule has 136 valence electrons. The summed E-state index contributed by atoms with van der Waals surface area (Å²) in [4.78, 5) is 12.9. The van der Waals surface area contributed by atoms with Gasteiger partial charge in [-0.3, -0.25) is 4.57 Å². The van der Waals surface area contributed by atoms with Crippen LogP contribution in [0.3, 0.4) is 0 Å². The van der Waals surface area contributed by atoms with Crippen molar-refractivity contribution in [3.63, 3.8) is 0 Å². The fraction of sp³-hybridized carbons (Fsp3) is 0.688. The molecule has 4 N–H and O–H groups in total. The van der Waals surface area contributed by atoms with Crippen LogP contribution in [0.15, 0.2) is 12.7 Å². The third kappa shape index (κ3) is 2.86. The molecule has 1 saturated heterocycles. The van der Waals surface area contributed by atoms with E-state index in [1.807, 2.05) is 6.92 Å². The number of aliphatic hydroxyl groups is 3. The summed E-state index contributed by atoms with van der Waals surface area (Å²) in [6.07, 6.45) is 2.51. The van der Waals surface area contributed by atoms with Crippen LogP contribution < -0.4 is 5.32 Å².